The molecule has 2 aliphatic rings. The summed E-state index contributed by atoms with van der Waals surface area (Å²) in [6.45, 7) is 4.15. The van der Waals surface area contributed by atoms with Gasteiger partial charge in [-0.15, -0.1) is 6.58 Å². The van der Waals surface area contributed by atoms with Crippen LogP contribution in [0.2, 0.25) is 0 Å². The van der Waals surface area contributed by atoms with Crippen molar-refractivity contribution < 1.29 is 19.4 Å². The van der Waals surface area contributed by atoms with Crippen LogP contribution in [0.25, 0.3) is 0 Å². The summed E-state index contributed by atoms with van der Waals surface area (Å²) in [5.41, 5.74) is -0.885. The van der Waals surface area contributed by atoms with E-state index in [1.165, 1.54) is 0 Å². The number of nitrogens with zero attached hydrogens (tertiary/aromatic N) is 1. The minimum Gasteiger partial charge on any atom is -0.465 e. The van der Waals surface area contributed by atoms with Crippen molar-refractivity contribution >= 4 is 12.0 Å². The summed E-state index contributed by atoms with van der Waals surface area (Å²) in [4.78, 5) is 24.3. The molecule has 17 heavy (non-hydrogen) atoms. The van der Waals surface area contributed by atoms with Crippen molar-refractivity contribution in [3.63, 3.8) is 0 Å². The van der Waals surface area contributed by atoms with Crippen LogP contribution in [-0.2, 0) is 9.53 Å². The van der Waals surface area contributed by atoms with Crippen LogP contribution in [0, 0.1) is 0 Å². The number of hydrogen-bond donors (Lipinski definition) is 1. The summed E-state index contributed by atoms with van der Waals surface area (Å²) >= 11 is 0. The van der Waals surface area contributed by atoms with Gasteiger partial charge in [-0.1, -0.05) is 6.08 Å². The van der Waals surface area contributed by atoms with Gasteiger partial charge in [0.2, 0.25) is 0 Å². The van der Waals surface area contributed by atoms with Crippen molar-refractivity contribution in [3.05, 3.63) is 12.7 Å². The predicted octanol–water partition coefficient (Wildman–Crippen LogP) is 1.78. The summed E-state index contributed by atoms with van der Waals surface area (Å²) < 4.78 is 5.61. The molecule has 5 heteroatoms. The third-order valence-electron chi connectivity index (χ3n) is 3.54. The maximum atomic E-state index is 12.2. The first-order valence-electron chi connectivity index (χ1n) is 5.92. The van der Waals surface area contributed by atoms with Crippen LogP contribution in [0.1, 0.15) is 32.1 Å². The molecule has 2 fully saturated rings. The molecule has 0 aliphatic carbocycles. The largest absolute Gasteiger partial charge is 0.465 e. The zero-order valence-electron chi connectivity index (χ0n) is 9.72. The number of carbonyl (C=O) groups is 2. The van der Waals surface area contributed by atoms with Crippen molar-refractivity contribution in [1.29, 1.82) is 0 Å². The molecule has 0 aromatic rings. The summed E-state index contributed by atoms with van der Waals surface area (Å²) in [6.07, 6.45) is 3.90. The van der Waals surface area contributed by atoms with Gasteiger partial charge in [0.1, 0.15) is 5.60 Å². The van der Waals surface area contributed by atoms with Crippen molar-refractivity contribution in [2.24, 2.45) is 0 Å². The quantitative estimate of drug-likeness (QED) is 0.746. The van der Waals surface area contributed by atoms with E-state index >= 15 is 0 Å². The normalized spacial score (nSPS) is 33.1. The third kappa shape index (κ3) is 1.95. The van der Waals surface area contributed by atoms with E-state index in [0.717, 1.165) is 17.7 Å². The highest BCUT2D eigenvalue weighted by Crippen LogP contribution is 2.39. The molecule has 2 unspecified atom stereocenters. The molecule has 0 saturated carbocycles. The van der Waals surface area contributed by atoms with Gasteiger partial charge < -0.3 is 9.84 Å². The van der Waals surface area contributed by atoms with Gasteiger partial charge in [0.05, 0.1) is 0 Å². The van der Waals surface area contributed by atoms with E-state index in [-0.39, 0.29) is 6.04 Å². The van der Waals surface area contributed by atoms with Gasteiger partial charge in [-0.05, 0) is 25.7 Å². The Hall–Kier alpha value is -1.36. The predicted molar refractivity (Wildman–Crippen MR) is 60.6 cm³/mol. The lowest BCUT2D eigenvalue weighted by molar-refractivity contribution is -0.153. The fourth-order valence-corrected chi connectivity index (χ4v) is 2.75. The number of ether oxygens (including phenoxy) is 1. The number of carboxylic acid groups (broad SMARTS) is 1. The summed E-state index contributed by atoms with van der Waals surface area (Å²) in [6, 6.07) is -0.324. The fraction of sp³-hybridized carbons (Fsp3) is 0.667. The van der Waals surface area contributed by atoms with Crippen LogP contribution in [0.3, 0.4) is 0 Å². The lowest BCUT2D eigenvalue weighted by Gasteiger charge is -2.31. The van der Waals surface area contributed by atoms with Crippen molar-refractivity contribution in [2.45, 2.75) is 43.7 Å². The first-order chi connectivity index (χ1) is 8.10. The first kappa shape index (κ1) is 12.1. The second-order valence-corrected chi connectivity index (χ2v) is 4.64. The van der Waals surface area contributed by atoms with E-state index in [1.54, 1.807) is 6.08 Å². The molecule has 1 spiro atoms. The second-order valence-electron chi connectivity index (χ2n) is 4.64. The van der Waals surface area contributed by atoms with Crippen molar-refractivity contribution in [3.8, 4) is 0 Å². The zero-order chi connectivity index (χ0) is 12.5. The molecule has 2 saturated heterocycles. The Labute approximate surface area is 100 Å². The van der Waals surface area contributed by atoms with Crippen LogP contribution in [0.5, 0.6) is 0 Å². The number of likely N-dealkylation sites (tertiary alicyclic amines) is 1. The van der Waals surface area contributed by atoms with E-state index in [4.69, 9.17) is 9.84 Å². The number of hydrogen-bond acceptors (Lipinski definition) is 3. The van der Waals surface area contributed by atoms with E-state index in [9.17, 15) is 9.59 Å². The molecule has 2 heterocycles. The smallest absolute Gasteiger partial charge is 0.414 e. The minimum atomic E-state index is -1.19. The molecule has 94 valence electrons. The van der Waals surface area contributed by atoms with Crippen LogP contribution in [0.15, 0.2) is 12.7 Å². The van der Waals surface area contributed by atoms with Gasteiger partial charge >= 0.3 is 6.09 Å². The van der Waals surface area contributed by atoms with Gasteiger partial charge in [-0.2, -0.15) is 0 Å². The Morgan fingerprint density at radius 3 is 2.94 bits per heavy atom. The fourth-order valence-electron chi connectivity index (χ4n) is 2.75. The maximum Gasteiger partial charge on any atom is 0.414 e. The van der Waals surface area contributed by atoms with E-state index in [2.05, 4.69) is 6.58 Å². The summed E-state index contributed by atoms with van der Waals surface area (Å²) in [5.74, 6) is -0.392. The number of imide groups is 1. The summed E-state index contributed by atoms with van der Waals surface area (Å²) in [7, 11) is 0. The molecular formula is C12H17NO4. The summed E-state index contributed by atoms with van der Waals surface area (Å²) in [5, 5.41) is 9.11. The molecule has 0 aromatic carbocycles. The highest BCUT2D eigenvalue weighted by atomic mass is 16.5. The molecule has 0 radical (unpaired) electrons. The molecule has 1 N–H and O–H groups in total. The highest BCUT2D eigenvalue weighted by molar-refractivity contribution is 5.99. The number of amides is 2. The molecule has 5 nitrogen and oxygen atoms in total. The zero-order valence-corrected chi connectivity index (χ0v) is 9.72. The monoisotopic (exact) mass is 239 g/mol. The number of carbonyl (C=O) groups excluding carboxylic acids is 1. The minimum absolute atomic E-state index is 0.324. The molecule has 2 amide bonds. The topological polar surface area (TPSA) is 66.8 Å². The van der Waals surface area contributed by atoms with E-state index in [1.807, 2.05) is 0 Å². The van der Waals surface area contributed by atoms with Gasteiger partial charge in [-0.3, -0.25) is 4.79 Å². The third-order valence-corrected chi connectivity index (χ3v) is 3.54. The van der Waals surface area contributed by atoms with E-state index < -0.39 is 17.6 Å². The van der Waals surface area contributed by atoms with Crippen LogP contribution < -0.4 is 0 Å². The van der Waals surface area contributed by atoms with E-state index in [0.29, 0.717) is 25.9 Å². The average Bonchev–Trinajstić information content (AvgIpc) is 2.54. The Kier molecular flexibility index (Phi) is 3.19. The van der Waals surface area contributed by atoms with Gasteiger partial charge in [0.15, 0.2) is 0 Å². The first-order valence-corrected chi connectivity index (χ1v) is 5.92. The Bertz CT molecular complexity index is 346. The average molecular weight is 239 g/mol. The lowest BCUT2D eigenvalue weighted by atomic mass is 9.90. The Morgan fingerprint density at radius 2 is 2.41 bits per heavy atom. The maximum absolute atomic E-state index is 12.2. The molecule has 2 aliphatic heterocycles. The molecule has 0 bridgehead atoms. The molecule has 2 rings (SSSR count). The van der Waals surface area contributed by atoms with Gasteiger partial charge in [0, 0.05) is 19.1 Å². The second kappa shape index (κ2) is 4.49. The Morgan fingerprint density at radius 1 is 1.65 bits per heavy atom. The molecular weight excluding hydrogens is 222 g/mol. The number of rotatable bonds is 2. The SMILES string of the molecule is C=CCC1CC2(CCCCO2)C(=O)N1C(=O)O. The van der Waals surface area contributed by atoms with Crippen molar-refractivity contribution in [1.82, 2.24) is 4.90 Å². The van der Waals surface area contributed by atoms with Gasteiger partial charge in [-0.25, -0.2) is 9.69 Å². The molecule has 2 atom stereocenters. The van der Waals surface area contributed by atoms with Crippen LogP contribution >= 0.6 is 0 Å². The van der Waals surface area contributed by atoms with Crippen LogP contribution in [0.4, 0.5) is 4.79 Å². The lowest BCUT2D eigenvalue weighted by Crippen LogP contribution is -2.46. The standard InChI is InChI=1S/C12H17NO4/c1-2-5-9-8-12(6-3-4-7-17-12)10(14)13(9)11(15)16/h2,9H,1,3-8H2,(H,15,16). The molecule has 0 aromatic heterocycles. The Balaban J connectivity index is 2.24. The highest BCUT2D eigenvalue weighted by Gasteiger charge is 2.55. The van der Waals surface area contributed by atoms with Gasteiger partial charge in [0.25, 0.3) is 5.91 Å². The van der Waals surface area contributed by atoms with Crippen LogP contribution in [-0.4, -0.2) is 40.3 Å². The van der Waals surface area contributed by atoms with Crippen molar-refractivity contribution in [2.75, 3.05) is 6.61 Å².